The van der Waals surface area contributed by atoms with Crippen LogP contribution in [0.25, 0.3) is 11.1 Å². The molecule has 0 bridgehead atoms. The van der Waals surface area contributed by atoms with Gasteiger partial charge in [-0.2, -0.15) is 4.39 Å². The number of benzene rings is 3. The van der Waals surface area contributed by atoms with E-state index >= 15 is 8.78 Å². The number of unbranched alkanes of at least 4 members (excludes halogenated alkanes) is 1. The van der Waals surface area contributed by atoms with Gasteiger partial charge in [-0.3, -0.25) is 4.79 Å². The van der Waals surface area contributed by atoms with Crippen LogP contribution in [0.1, 0.15) is 99.7 Å². The molecular formula is C36H38F6O3. The highest BCUT2D eigenvalue weighted by molar-refractivity contribution is 5.72. The fourth-order valence-corrected chi connectivity index (χ4v) is 6.63. The Bertz CT molecular complexity index is 1520. The topological polar surface area (TPSA) is 35.5 Å². The van der Waals surface area contributed by atoms with Crippen LogP contribution in [0.4, 0.5) is 26.3 Å². The lowest BCUT2D eigenvalue weighted by Gasteiger charge is -2.32. The SMILES string of the molecule is CCCCOc1ccc(-c2ccc(C3CCC(OC(=O)C4CCC(c5ccc(C)c(F)c5F)CC4)CC3)c(F)c2F)c(F)c1F. The van der Waals surface area contributed by atoms with E-state index in [0.29, 0.717) is 63.4 Å². The molecule has 242 valence electrons. The van der Waals surface area contributed by atoms with Crippen LogP contribution in [0, 0.1) is 47.7 Å². The van der Waals surface area contributed by atoms with E-state index in [4.69, 9.17) is 9.47 Å². The fraction of sp³-hybridized carbons (Fsp3) is 0.472. The zero-order chi connectivity index (χ0) is 32.2. The van der Waals surface area contributed by atoms with Crippen LogP contribution < -0.4 is 4.74 Å². The Balaban J connectivity index is 1.16. The molecule has 0 atom stereocenters. The van der Waals surface area contributed by atoms with Crippen LogP contribution in [0.2, 0.25) is 0 Å². The number of carbonyl (C=O) groups excluding carboxylic acids is 1. The molecule has 0 aromatic heterocycles. The zero-order valence-electron chi connectivity index (χ0n) is 25.5. The third-order valence-electron chi connectivity index (χ3n) is 9.41. The first-order chi connectivity index (χ1) is 21.6. The van der Waals surface area contributed by atoms with E-state index in [-0.39, 0.29) is 64.4 Å². The number of halogens is 6. The third kappa shape index (κ3) is 7.02. The minimum atomic E-state index is -1.30. The molecule has 2 fully saturated rings. The lowest BCUT2D eigenvalue weighted by molar-refractivity contribution is -0.157. The number of aryl methyl sites for hydroxylation is 1. The van der Waals surface area contributed by atoms with Crippen molar-refractivity contribution in [2.45, 2.75) is 96.0 Å². The smallest absolute Gasteiger partial charge is 0.309 e. The van der Waals surface area contributed by atoms with Crippen molar-refractivity contribution in [1.29, 1.82) is 0 Å². The summed E-state index contributed by atoms with van der Waals surface area (Å²) < 4.78 is 99.4. The van der Waals surface area contributed by atoms with E-state index in [1.54, 1.807) is 12.1 Å². The predicted molar refractivity (Wildman–Crippen MR) is 159 cm³/mol. The van der Waals surface area contributed by atoms with E-state index in [9.17, 15) is 22.4 Å². The van der Waals surface area contributed by atoms with Gasteiger partial charge < -0.3 is 9.47 Å². The van der Waals surface area contributed by atoms with Crippen molar-refractivity contribution in [2.75, 3.05) is 6.61 Å². The maximum atomic E-state index is 15.3. The maximum absolute atomic E-state index is 15.3. The van der Waals surface area contributed by atoms with Crippen molar-refractivity contribution in [3.63, 3.8) is 0 Å². The molecule has 9 heteroatoms. The summed E-state index contributed by atoms with van der Waals surface area (Å²) in [7, 11) is 0. The van der Waals surface area contributed by atoms with Gasteiger partial charge in [0.25, 0.3) is 0 Å². The molecule has 3 aromatic rings. The Morgan fingerprint density at radius 1 is 0.667 bits per heavy atom. The third-order valence-corrected chi connectivity index (χ3v) is 9.41. The average molecular weight is 633 g/mol. The van der Waals surface area contributed by atoms with E-state index in [1.165, 1.54) is 31.2 Å². The summed E-state index contributed by atoms with van der Waals surface area (Å²) >= 11 is 0. The average Bonchev–Trinajstić information content (AvgIpc) is 3.04. The molecule has 2 saturated carbocycles. The number of rotatable bonds is 9. The minimum absolute atomic E-state index is 0.152. The molecule has 3 aromatic carbocycles. The second kappa shape index (κ2) is 14.3. The van der Waals surface area contributed by atoms with E-state index in [0.717, 1.165) is 6.42 Å². The first-order valence-corrected chi connectivity index (χ1v) is 15.8. The van der Waals surface area contributed by atoms with Crippen molar-refractivity contribution in [2.24, 2.45) is 5.92 Å². The van der Waals surface area contributed by atoms with Crippen molar-refractivity contribution in [1.82, 2.24) is 0 Å². The molecule has 0 saturated heterocycles. The van der Waals surface area contributed by atoms with Gasteiger partial charge in [0, 0.05) is 11.1 Å². The quantitative estimate of drug-likeness (QED) is 0.134. The van der Waals surface area contributed by atoms with Crippen LogP contribution >= 0.6 is 0 Å². The van der Waals surface area contributed by atoms with Gasteiger partial charge in [-0.25, -0.2) is 22.0 Å². The standard InChI is InChI=1S/C36H38F6O3/c1-3-4-19-44-29-18-17-28(34(41)35(29)42)27-16-15-26(32(39)33(27)40)22-10-12-24(13-11-22)45-36(43)23-8-6-21(7-9-23)25-14-5-20(2)30(37)31(25)38/h5,14-18,21-24H,3-4,6-13,19H2,1-2H3. The highest BCUT2D eigenvalue weighted by Gasteiger charge is 2.33. The van der Waals surface area contributed by atoms with Gasteiger partial charge in [-0.15, -0.1) is 0 Å². The fourth-order valence-electron chi connectivity index (χ4n) is 6.63. The van der Waals surface area contributed by atoms with Crippen molar-refractivity contribution in [3.05, 3.63) is 88.0 Å². The van der Waals surface area contributed by atoms with Crippen LogP contribution in [0.5, 0.6) is 5.75 Å². The first kappa shape index (κ1) is 32.9. The van der Waals surface area contributed by atoms with Gasteiger partial charge in [-0.05, 0) is 105 Å². The monoisotopic (exact) mass is 632 g/mol. The van der Waals surface area contributed by atoms with Crippen molar-refractivity contribution >= 4 is 5.97 Å². The molecule has 0 aliphatic heterocycles. The zero-order valence-corrected chi connectivity index (χ0v) is 25.5. The first-order valence-electron chi connectivity index (χ1n) is 15.8. The van der Waals surface area contributed by atoms with E-state index in [2.05, 4.69) is 0 Å². The normalized spacial score (nSPS) is 21.9. The van der Waals surface area contributed by atoms with Crippen LogP contribution in [0.3, 0.4) is 0 Å². The van der Waals surface area contributed by atoms with Gasteiger partial charge in [0.15, 0.2) is 34.8 Å². The second-order valence-corrected chi connectivity index (χ2v) is 12.3. The second-order valence-electron chi connectivity index (χ2n) is 12.3. The summed E-state index contributed by atoms with van der Waals surface area (Å²) in [5.41, 5.74) is -0.00344. The van der Waals surface area contributed by atoms with Gasteiger partial charge in [0.1, 0.15) is 6.10 Å². The molecule has 0 heterocycles. The van der Waals surface area contributed by atoms with E-state index in [1.807, 2.05) is 6.92 Å². The van der Waals surface area contributed by atoms with Crippen molar-refractivity contribution in [3.8, 4) is 16.9 Å². The number of carbonyl (C=O) groups is 1. The van der Waals surface area contributed by atoms with Gasteiger partial charge in [0.2, 0.25) is 5.82 Å². The molecule has 0 radical (unpaired) electrons. The van der Waals surface area contributed by atoms with Crippen LogP contribution in [0.15, 0.2) is 36.4 Å². The molecule has 0 N–H and O–H groups in total. The van der Waals surface area contributed by atoms with Crippen molar-refractivity contribution < 1.29 is 40.6 Å². The number of ether oxygens (including phenoxy) is 2. The van der Waals surface area contributed by atoms with Gasteiger partial charge >= 0.3 is 5.97 Å². The van der Waals surface area contributed by atoms with Crippen LogP contribution in [-0.2, 0) is 9.53 Å². The summed E-state index contributed by atoms with van der Waals surface area (Å²) in [4.78, 5) is 12.9. The number of hydrogen-bond donors (Lipinski definition) is 0. The number of esters is 1. The molecule has 2 aliphatic rings. The Kier molecular flexibility index (Phi) is 10.4. The summed E-state index contributed by atoms with van der Waals surface area (Å²) in [5.74, 6) is -7.92. The van der Waals surface area contributed by atoms with E-state index < -0.39 is 34.9 Å². The van der Waals surface area contributed by atoms with Crippen LogP contribution in [-0.4, -0.2) is 18.7 Å². The summed E-state index contributed by atoms with van der Waals surface area (Å²) in [6, 6.07) is 8.27. The molecule has 45 heavy (non-hydrogen) atoms. The largest absolute Gasteiger partial charge is 0.490 e. The highest BCUT2D eigenvalue weighted by atomic mass is 19.2. The molecule has 0 unspecified atom stereocenters. The maximum Gasteiger partial charge on any atom is 0.309 e. The summed E-state index contributed by atoms with van der Waals surface area (Å²) in [6.45, 7) is 3.67. The Morgan fingerprint density at radius 2 is 1.20 bits per heavy atom. The summed E-state index contributed by atoms with van der Waals surface area (Å²) in [6.07, 6.45) is 5.15. The Morgan fingerprint density at radius 3 is 1.82 bits per heavy atom. The molecule has 2 aliphatic carbocycles. The Hall–Kier alpha value is -3.49. The minimum Gasteiger partial charge on any atom is -0.490 e. The Labute approximate surface area is 259 Å². The number of hydrogen-bond acceptors (Lipinski definition) is 3. The molecule has 0 amide bonds. The lowest BCUT2D eigenvalue weighted by Crippen LogP contribution is -2.30. The lowest BCUT2D eigenvalue weighted by atomic mass is 9.78. The predicted octanol–water partition coefficient (Wildman–Crippen LogP) is 10.2. The molecular weight excluding hydrogens is 594 g/mol. The molecule has 5 rings (SSSR count). The van der Waals surface area contributed by atoms with Gasteiger partial charge in [0.05, 0.1) is 12.5 Å². The highest BCUT2D eigenvalue weighted by Crippen LogP contribution is 2.41. The molecule has 0 spiro atoms. The molecule has 3 nitrogen and oxygen atoms in total. The van der Waals surface area contributed by atoms with Gasteiger partial charge in [-0.1, -0.05) is 37.6 Å². The summed E-state index contributed by atoms with van der Waals surface area (Å²) in [5, 5.41) is 0.